The Morgan fingerprint density at radius 3 is 1.15 bits per heavy atom. The second kappa shape index (κ2) is 10.0. The molecule has 1 aromatic carbocycles. The van der Waals surface area contributed by atoms with E-state index in [4.69, 9.17) is 0 Å². The van der Waals surface area contributed by atoms with Crippen molar-refractivity contribution < 1.29 is 98.7 Å². The molecule has 3 nitrogen and oxygen atoms in total. The van der Waals surface area contributed by atoms with Gasteiger partial charge in [-0.15, -0.1) is 0 Å². The van der Waals surface area contributed by atoms with Gasteiger partial charge in [0.25, 0.3) is 0 Å². The molecule has 1 rings (SSSR count). The van der Waals surface area contributed by atoms with Gasteiger partial charge in [-0.1, -0.05) is 0 Å². The number of rotatable bonds is 10. The van der Waals surface area contributed by atoms with Gasteiger partial charge in [-0.05, 0) is 0 Å². The van der Waals surface area contributed by atoms with Crippen molar-refractivity contribution in [2.75, 3.05) is 0 Å². The van der Waals surface area contributed by atoms with Crippen LogP contribution in [-0.2, 0) is 12.6 Å². The van der Waals surface area contributed by atoms with Crippen LogP contribution >= 0.6 is 20.2 Å². The molecule has 0 saturated heterocycles. The molecule has 0 aliphatic rings. The first-order chi connectivity index (χ1) is 17.2. The summed E-state index contributed by atoms with van der Waals surface area (Å²) in [6.07, 6.45) is -7.97. The van der Waals surface area contributed by atoms with Crippen LogP contribution in [0.1, 0.15) is 0 Å². The van der Waals surface area contributed by atoms with Gasteiger partial charge in [0.05, 0.1) is 0 Å². The van der Waals surface area contributed by atoms with Crippen LogP contribution in [0.5, 0.6) is 0 Å². The molecule has 1 aromatic rings. The summed E-state index contributed by atoms with van der Waals surface area (Å²) in [6.45, 7) is 0. The van der Waals surface area contributed by atoms with Crippen molar-refractivity contribution >= 4 is 30.4 Å². The summed E-state index contributed by atoms with van der Waals surface area (Å²) in [6, 6.07) is 1.45. The molecule has 0 unspecified atom stereocenters. The molecule has 0 aliphatic carbocycles. The molecule has 0 N–H and O–H groups in total. The van der Waals surface area contributed by atoms with E-state index >= 15 is 0 Å². The van der Waals surface area contributed by atoms with E-state index in [9.17, 15) is 96.2 Å². The zero-order valence-electron chi connectivity index (χ0n) is 17.5. The van der Waals surface area contributed by atoms with Gasteiger partial charge in [0.15, 0.2) is 0 Å². The normalized spacial score (nSPS) is 16.2. The molecule has 0 saturated carbocycles. The van der Waals surface area contributed by atoms with Crippen molar-refractivity contribution in [2.24, 2.45) is 0 Å². The molecule has 0 radical (unpaired) electrons. The van der Waals surface area contributed by atoms with E-state index in [1.807, 2.05) is 0 Å². The molecule has 0 bridgehead atoms. The van der Waals surface area contributed by atoms with Crippen LogP contribution in [0.2, 0.25) is 0 Å². The van der Waals surface area contributed by atoms with Crippen molar-refractivity contribution in [2.45, 2.75) is 51.1 Å². The van der Waals surface area contributed by atoms with Crippen LogP contribution in [0, 0.1) is 3.57 Å². The minimum atomic E-state index is -8.99. The molecule has 0 amide bonds. The average molecular weight is 772 g/mol. The Kier molecular flexibility index (Phi) is 9.15. The van der Waals surface area contributed by atoms with E-state index in [0.29, 0.717) is 12.1 Å². The second-order valence-electron chi connectivity index (χ2n) is 6.95. The molecule has 0 spiro atoms. The fourth-order valence-electron chi connectivity index (χ4n) is 2.11. The first-order valence-corrected chi connectivity index (χ1v) is 13.1. The zero-order valence-corrected chi connectivity index (χ0v) is 20.4. The van der Waals surface area contributed by atoms with Crippen molar-refractivity contribution in [1.82, 2.24) is 0 Å². The number of benzene rings is 1. The number of hydrogen-bond donors (Lipinski definition) is 0. The van der Waals surface area contributed by atoms with Crippen LogP contribution < -0.4 is 0 Å². The first-order valence-electron chi connectivity index (χ1n) is 8.68. The SMILES string of the molecule is O=S(=O)(OI(c1ccccc1)C(F)(F)C(F)(F)C(F)(F)C(F)(F)C(F)(F)C(F)(F)C(F)(F)C(F)(F)F)C(F)(F)F. The molecule has 236 valence electrons. The average Bonchev–Trinajstić information content (AvgIpc) is 2.75. The summed E-state index contributed by atoms with van der Waals surface area (Å²) in [5.41, 5.74) is -6.81. The number of alkyl halides is 21. The molecular weight excluding hydrogens is 767 g/mol. The third-order valence-corrected chi connectivity index (χ3v) is 11.4. The summed E-state index contributed by atoms with van der Waals surface area (Å²) >= 11 is -7.19. The third-order valence-electron chi connectivity index (χ3n) is 4.26. The van der Waals surface area contributed by atoms with Crippen molar-refractivity contribution in [3.8, 4) is 0 Å². The summed E-state index contributed by atoms with van der Waals surface area (Å²) in [7, 11) is -7.53. The van der Waals surface area contributed by atoms with E-state index in [1.54, 1.807) is 0 Å². The topological polar surface area (TPSA) is 43.4 Å². The fourth-order valence-corrected chi connectivity index (χ4v) is 8.64. The van der Waals surface area contributed by atoms with Gasteiger partial charge in [-0.3, -0.25) is 0 Å². The van der Waals surface area contributed by atoms with Crippen LogP contribution in [-0.4, -0.2) is 59.6 Å². The van der Waals surface area contributed by atoms with E-state index < -0.39 is 85.1 Å². The summed E-state index contributed by atoms with van der Waals surface area (Å²) in [4.78, 5) is 0. The van der Waals surface area contributed by atoms with Crippen LogP contribution in [0.3, 0.4) is 0 Å². The molecule has 0 fully saturated rings. The Morgan fingerprint density at radius 2 is 0.825 bits per heavy atom. The van der Waals surface area contributed by atoms with Crippen LogP contribution in [0.4, 0.5) is 87.8 Å². The van der Waals surface area contributed by atoms with Gasteiger partial charge in [-0.2, -0.15) is 0 Å². The standard InChI is InChI=1S/C15H5F20IO3S/c16-7(17,9(20,21)11(24,25)13(28,29)30)8(18,19)10(22,23)12(26,27)14(31,32)36(6-4-2-1-3-5-6)39-40(37,38)15(33,34)35/h1-5H. The van der Waals surface area contributed by atoms with Crippen molar-refractivity contribution in [3.05, 3.63) is 33.9 Å². The van der Waals surface area contributed by atoms with E-state index in [0.717, 1.165) is 6.07 Å². The second-order valence-corrected chi connectivity index (χ2v) is 13.5. The Bertz CT molecular complexity index is 1160. The summed E-state index contributed by atoms with van der Waals surface area (Å²) < 4.78 is 282. The molecule has 25 heteroatoms. The van der Waals surface area contributed by atoms with E-state index in [-0.39, 0.29) is 12.1 Å². The minimum absolute atomic E-state index is 0.0380. The zero-order chi connectivity index (χ0) is 32.4. The van der Waals surface area contributed by atoms with Gasteiger partial charge in [-0.25, -0.2) is 0 Å². The molecule has 0 heterocycles. The Balaban J connectivity index is 3.92. The van der Waals surface area contributed by atoms with Gasteiger partial charge in [0.2, 0.25) is 0 Å². The molecule has 0 aliphatic heterocycles. The van der Waals surface area contributed by atoms with E-state index in [1.165, 1.54) is 0 Å². The first kappa shape index (κ1) is 36.5. The molecule has 40 heavy (non-hydrogen) atoms. The molecule has 0 atom stereocenters. The van der Waals surface area contributed by atoms with Gasteiger partial charge >= 0.3 is 214 Å². The molecule has 0 aromatic heterocycles. The fraction of sp³-hybridized carbons (Fsp3) is 0.600. The van der Waals surface area contributed by atoms with Crippen LogP contribution in [0.25, 0.3) is 0 Å². The van der Waals surface area contributed by atoms with Crippen molar-refractivity contribution in [3.63, 3.8) is 0 Å². The summed E-state index contributed by atoms with van der Waals surface area (Å²) in [5.74, 6) is -52.4. The predicted octanol–water partition coefficient (Wildman–Crippen LogP) is 8.11. The van der Waals surface area contributed by atoms with Crippen molar-refractivity contribution in [1.29, 1.82) is 0 Å². The quantitative estimate of drug-likeness (QED) is 0.105. The third kappa shape index (κ3) is 5.25. The van der Waals surface area contributed by atoms with Crippen LogP contribution in [0.15, 0.2) is 30.3 Å². The molecular formula is C15H5F20IO3S. The Labute approximate surface area is 214 Å². The number of hydrogen-bond acceptors (Lipinski definition) is 3. The maximum atomic E-state index is 14.6. The predicted molar refractivity (Wildman–Crippen MR) is 95.9 cm³/mol. The van der Waals surface area contributed by atoms with Gasteiger partial charge in [0.1, 0.15) is 0 Å². The summed E-state index contributed by atoms with van der Waals surface area (Å²) in [5, 5.41) is 0. The monoisotopic (exact) mass is 772 g/mol. The Hall–Kier alpha value is -1.54. The Morgan fingerprint density at radius 1 is 0.500 bits per heavy atom. The van der Waals surface area contributed by atoms with Gasteiger partial charge in [0, 0.05) is 0 Å². The van der Waals surface area contributed by atoms with E-state index in [2.05, 4.69) is 2.51 Å². The maximum absolute atomic E-state index is 14.6. The van der Waals surface area contributed by atoms with Gasteiger partial charge < -0.3 is 0 Å². The number of halogens is 21.